The Bertz CT molecular complexity index is 940. The molecule has 1 fully saturated rings. The lowest BCUT2D eigenvalue weighted by Gasteiger charge is -2.27. The van der Waals surface area contributed by atoms with Gasteiger partial charge >= 0.3 is 0 Å². The molecule has 0 unspecified atom stereocenters. The van der Waals surface area contributed by atoms with Crippen LogP contribution in [0, 0.1) is 6.92 Å². The number of rotatable bonds is 4. The SMILES string of the molecule is CCc1ccc(N=Nc2c(O)n(C3CSC3)c3ccc(C)cc23)cc1. The summed E-state index contributed by atoms with van der Waals surface area (Å²) in [6.45, 7) is 4.18. The van der Waals surface area contributed by atoms with Crippen molar-refractivity contribution < 1.29 is 5.11 Å². The minimum absolute atomic E-state index is 0.222. The molecule has 0 amide bonds. The van der Waals surface area contributed by atoms with Gasteiger partial charge in [0.2, 0.25) is 5.88 Å². The molecule has 25 heavy (non-hydrogen) atoms. The van der Waals surface area contributed by atoms with Crippen molar-refractivity contribution in [3.63, 3.8) is 0 Å². The zero-order valence-electron chi connectivity index (χ0n) is 14.4. The standard InChI is InChI=1S/C20H21N3OS/c1-3-14-5-7-15(8-6-14)21-22-19-17-10-13(2)4-9-18(17)23(20(19)24)16-11-25-12-16/h4-10,16,24H,3,11-12H2,1-2H3. The second kappa shape index (κ2) is 6.56. The number of thioether (sulfide) groups is 1. The van der Waals surface area contributed by atoms with Crippen LogP contribution in [-0.2, 0) is 6.42 Å². The quantitative estimate of drug-likeness (QED) is 0.593. The van der Waals surface area contributed by atoms with Gasteiger partial charge in [-0.1, -0.05) is 30.7 Å². The molecule has 1 aromatic heterocycles. The van der Waals surface area contributed by atoms with Crippen LogP contribution in [0.15, 0.2) is 52.7 Å². The fourth-order valence-electron chi connectivity index (χ4n) is 3.14. The summed E-state index contributed by atoms with van der Waals surface area (Å²) in [6.07, 6.45) is 1.00. The zero-order valence-corrected chi connectivity index (χ0v) is 15.3. The molecule has 2 heterocycles. The third kappa shape index (κ3) is 2.93. The van der Waals surface area contributed by atoms with Gasteiger partial charge in [0.25, 0.3) is 0 Å². The largest absolute Gasteiger partial charge is 0.493 e. The summed E-state index contributed by atoms with van der Waals surface area (Å²) in [5, 5.41) is 20.5. The van der Waals surface area contributed by atoms with Gasteiger partial charge in [-0.15, -0.1) is 5.11 Å². The Kier molecular flexibility index (Phi) is 4.25. The summed E-state index contributed by atoms with van der Waals surface area (Å²) in [6, 6.07) is 14.6. The molecule has 1 saturated heterocycles. The monoisotopic (exact) mass is 351 g/mol. The molecule has 0 saturated carbocycles. The topological polar surface area (TPSA) is 49.9 Å². The van der Waals surface area contributed by atoms with Crippen LogP contribution in [0.2, 0.25) is 0 Å². The predicted molar refractivity (Wildman–Crippen MR) is 105 cm³/mol. The van der Waals surface area contributed by atoms with Crippen molar-refractivity contribution in [1.29, 1.82) is 0 Å². The van der Waals surface area contributed by atoms with Gasteiger partial charge in [0.15, 0.2) is 5.69 Å². The molecule has 3 aromatic rings. The van der Waals surface area contributed by atoms with E-state index < -0.39 is 0 Å². The number of azo groups is 1. The number of hydrogen-bond donors (Lipinski definition) is 1. The summed E-state index contributed by atoms with van der Waals surface area (Å²) in [5.41, 5.74) is 4.82. The molecule has 0 aliphatic carbocycles. The van der Waals surface area contributed by atoms with E-state index in [9.17, 15) is 5.11 Å². The van der Waals surface area contributed by atoms with Gasteiger partial charge in [-0.3, -0.25) is 0 Å². The highest BCUT2D eigenvalue weighted by Crippen LogP contribution is 2.45. The third-order valence-corrected chi connectivity index (χ3v) is 5.94. The van der Waals surface area contributed by atoms with Crippen LogP contribution in [0.4, 0.5) is 11.4 Å². The Balaban J connectivity index is 1.78. The van der Waals surface area contributed by atoms with E-state index >= 15 is 0 Å². The number of aromatic nitrogens is 1. The van der Waals surface area contributed by atoms with Crippen LogP contribution in [0.25, 0.3) is 10.9 Å². The molecule has 2 aromatic carbocycles. The van der Waals surface area contributed by atoms with Gasteiger partial charge in [0.1, 0.15) is 0 Å². The van der Waals surface area contributed by atoms with Crippen molar-refractivity contribution in [3.05, 3.63) is 53.6 Å². The summed E-state index contributed by atoms with van der Waals surface area (Å²) in [5.74, 6) is 2.28. The Morgan fingerprint density at radius 1 is 1.12 bits per heavy atom. The third-order valence-electron chi connectivity index (χ3n) is 4.70. The van der Waals surface area contributed by atoms with Gasteiger partial charge < -0.3 is 9.67 Å². The Morgan fingerprint density at radius 3 is 2.52 bits per heavy atom. The molecule has 5 heteroatoms. The van der Waals surface area contributed by atoms with E-state index in [1.165, 1.54) is 5.56 Å². The maximum Gasteiger partial charge on any atom is 0.221 e. The van der Waals surface area contributed by atoms with E-state index in [-0.39, 0.29) is 5.88 Å². The zero-order chi connectivity index (χ0) is 17.4. The van der Waals surface area contributed by atoms with Crippen molar-refractivity contribution in [2.45, 2.75) is 26.3 Å². The van der Waals surface area contributed by atoms with E-state index in [2.05, 4.69) is 54.4 Å². The van der Waals surface area contributed by atoms with Crippen molar-refractivity contribution in [3.8, 4) is 5.88 Å². The molecule has 0 spiro atoms. The first-order chi connectivity index (χ1) is 12.2. The highest BCUT2D eigenvalue weighted by Gasteiger charge is 2.27. The number of benzene rings is 2. The highest BCUT2D eigenvalue weighted by molar-refractivity contribution is 8.00. The summed E-state index contributed by atoms with van der Waals surface area (Å²) < 4.78 is 2.01. The maximum atomic E-state index is 10.8. The van der Waals surface area contributed by atoms with Gasteiger partial charge in [-0.05, 0) is 43.2 Å². The molecule has 1 aliphatic rings. The van der Waals surface area contributed by atoms with Crippen LogP contribution in [0.5, 0.6) is 5.88 Å². The van der Waals surface area contributed by atoms with Crippen molar-refractivity contribution in [1.82, 2.24) is 4.57 Å². The van der Waals surface area contributed by atoms with Crippen molar-refractivity contribution in [2.24, 2.45) is 10.2 Å². The number of nitrogens with zero attached hydrogens (tertiary/aromatic N) is 3. The molecule has 1 aliphatic heterocycles. The summed E-state index contributed by atoms with van der Waals surface area (Å²) in [4.78, 5) is 0. The lowest BCUT2D eigenvalue weighted by molar-refractivity contribution is 0.406. The van der Waals surface area contributed by atoms with Gasteiger partial charge in [-0.2, -0.15) is 16.9 Å². The fraction of sp³-hybridized carbons (Fsp3) is 0.300. The Hall–Kier alpha value is -2.27. The summed E-state index contributed by atoms with van der Waals surface area (Å²) >= 11 is 1.90. The number of aromatic hydroxyl groups is 1. The first kappa shape index (κ1) is 16.2. The lowest BCUT2D eigenvalue weighted by atomic mass is 10.1. The highest BCUT2D eigenvalue weighted by atomic mass is 32.2. The number of aryl methyl sites for hydroxylation is 2. The second-order valence-electron chi connectivity index (χ2n) is 6.47. The first-order valence-corrected chi connectivity index (χ1v) is 9.74. The van der Waals surface area contributed by atoms with E-state index in [0.29, 0.717) is 11.7 Å². The molecule has 0 atom stereocenters. The molecular weight excluding hydrogens is 330 g/mol. The average Bonchev–Trinajstić information content (AvgIpc) is 2.84. The van der Waals surface area contributed by atoms with Crippen molar-refractivity contribution in [2.75, 3.05) is 11.5 Å². The van der Waals surface area contributed by atoms with Crippen molar-refractivity contribution >= 4 is 34.0 Å². The van der Waals surface area contributed by atoms with Crippen LogP contribution in [-0.4, -0.2) is 21.2 Å². The van der Waals surface area contributed by atoms with Crippen LogP contribution in [0.3, 0.4) is 0 Å². The second-order valence-corrected chi connectivity index (χ2v) is 7.55. The fourth-order valence-corrected chi connectivity index (χ4v) is 3.89. The minimum Gasteiger partial charge on any atom is -0.493 e. The molecule has 128 valence electrons. The molecule has 4 nitrogen and oxygen atoms in total. The summed E-state index contributed by atoms with van der Waals surface area (Å²) in [7, 11) is 0. The van der Waals surface area contributed by atoms with E-state index in [1.54, 1.807) is 0 Å². The van der Waals surface area contributed by atoms with Crippen LogP contribution in [0.1, 0.15) is 24.1 Å². The van der Waals surface area contributed by atoms with E-state index in [1.807, 2.05) is 28.5 Å². The number of fused-ring (bicyclic) bond motifs is 1. The van der Waals surface area contributed by atoms with Gasteiger partial charge in [0.05, 0.1) is 17.2 Å². The lowest BCUT2D eigenvalue weighted by Crippen LogP contribution is -2.22. The Morgan fingerprint density at radius 2 is 1.88 bits per heavy atom. The molecule has 0 radical (unpaired) electrons. The minimum atomic E-state index is 0.222. The maximum absolute atomic E-state index is 10.8. The van der Waals surface area contributed by atoms with Crippen LogP contribution >= 0.6 is 11.8 Å². The molecular formula is C20H21N3OS. The normalized spacial score (nSPS) is 15.1. The van der Waals surface area contributed by atoms with E-state index in [0.717, 1.165) is 40.1 Å². The first-order valence-electron chi connectivity index (χ1n) is 8.59. The Labute approximate surface area is 151 Å². The molecule has 4 rings (SSSR count). The molecule has 1 N–H and O–H groups in total. The molecule has 0 bridgehead atoms. The number of hydrogen-bond acceptors (Lipinski definition) is 4. The van der Waals surface area contributed by atoms with E-state index in [4.69, 9.17) is 0 Å². The van der Waals surface area contributed by atoms with Gasteiger partial charge in [-0.25, -0.2) is 0 Å². The van der Waals surface area contributed by atoms with Crippen LogP contribution < -0.4 is 0 Å². The predicted octanol–water partition coefficient (Wildman–Crippen LogP) is 5.92. The van der Waals surface area contributed by atoms with Gasteiger partial charge in [0, 0.05) is 16.9 Å². The average molecular weight is 351 g/mol. The smallest absolute Gasteiger partial charge is 0.221 e.